The Hall–Kier alpha value is -2.21. The molecule has 0 amide bonds. The van der Waals surface area contributed by atoms with E-state index in [1.165, 1.54) is 12.4 Å². The molecule has 3 rings (SSSR count). The van der Waals surface area contributed by atoms with Crippen molar-refractivity contribution in [2.75, 3.05) is 5.32 Å². The lowest BCUT2D eigenvalue weighted by Crippen LogP contribution is -2.00. The van der Waals surface area contributed by atoms with Crippen LogP contribution in [0, 0.1) is 5.82 Å². The molecule has 0 aliphatic carbocycles. The summed E-state index contributed by atoms with van der Waals surface area (Å²) in [6.07, 6.45) is 3.14. The van der Waals surface area contributed by atoms with Crippen LogP contribution in [0.25, 0.3) is 5.69 Å². The van der Waals surface area contributed by atoms with Crippen LogP contribution in [0.2, 0.25) is 0 Å². The molecule has 2 aromatic carbocycles. The molecule has 4 nitrogen and oxygen atoms in total. The number of halogens is 2. The first-order valence-corrected chi connectivity index (χ1v) is 7.14. The lowest BCUT2D eigenvalue weighted by atomic mass is 10.2. The van der Waals surface area contributed by atoms with Gasteiger partial charge in [0.15, 0.2) is 0 Å². The van der Waals surface area contributed by atoms with Gasteiger partial charge in [0.05, 0.1) is 10.2 Å². The minimum atomic E-state index is -0.254. The highest BCUT2D eigenvalue weighted by Crippen LogP contribution is 2.18. The number of hydrogen-bond acceptors (Lipinski definition) is 3. The fourth-order valence-electron chi connectivity index (χ4n) is 1.93. The molecule has 1 heterocycles. The number of aromatic nitrogens is 3. The summed E-state index contributed by atoms with van der Waals surface area (Å²) < 4.78 is 15.6. The van der Waals surface area contributed by atoms with E-state index in [0.717, 1.165) is 16.9 Å². The van der Waals surface area contributed by atoms with Gasteiger partial charge in [-0.25, -0.2) is 14.1 Å². The summed E-state index contributed by atoms with van der Waals surface area (Å²) in [4.78, 5) is 3.91. The fourth-order valence-corrected chi connectivity index (χ4v) is 2.17. The van der Waals surface area contributed by atoms with Crippen LogP contribution < -0.4 is 5.32 Å². The maximum absolute atomic E-state index is 13.4. The standard InChI is InChI=1S/C15H12BrFN4/c16-14-6-1-11(7-15(14)17)8-19-12-2-4-13(5-3-12)21-10-18-9-20-21/h1-7,9-10,19H,8H2. The van der Waals surface area contributed by atoms with Gasteiger partial charge in [-0.1, -0.05) is 6.07 Å². The number of benzene rings is 2. The summed E-state index contributed by atoms with van der Waals surface area (Å²) in [5, 5.41) is 7.32. The van der Waals surface area contributed by atoms with Crippen LogP contribution in [-0.2, 0) is 6.54 Å². The normalized spacial score (nSPS) is 10.6. The number of anilines is 1. The zero-order chi connectivity index (χ0) is 14.7. The smallest absolute Gasteiger partial charge is 0.138 e. The van der Waals surface area contributed by atoms with Gasteiger partial charge in [0.25, 0.3) is 0 Å². The second-order valence-corrected chi connectivity index (χ2v) is 5.34. The number of rotatable bonds is 4. The van der Waals surface area contributed by atoms with Gasteiger partial charge in [0, 0.05) is 12.2 Å². The first kappa shape index (κ1) is 13.8. The van der Waals surface area contributed by atoms with Crippen LogP contribution in [0.4, 0.5) is 10.1 Å². The molecule has 0 atom stereocenters. The van der Waals surface area contributed by atoms with Crippen LogP contribution in [0.3, 0.4) is 0 Å². The molecular weight excluding hydrogens is 335 g/mol. The molecule has 0 bridgehead atoms. The number of hydrogen-bond donors (Lipinski definition) is 1. The van der Waals surface area contributed by atoms with E-state index in [2.05, 4.69) is 31.3 Å². The molecule has 0 spiro atoms. The molecule has 0 aliphatic heterocycles. The maximum atomic E-state index is 13.4. The van der Waals surface area contributed by atoms with Crippen molar-refractivity contribution in [1.82, 2.24) is 14.8 Å². The third-order valence-corrected chi connectivity index (χ3v) is 3.67. The summed E-state index contributed by atoms with van der Waals surface area (Å²) in [7, 11) is 0. The molecule has 1 N–H and O–H groups in total. The summed E-state index contributed by atoms with van der Waals surface area (Å²) in [6.45, 7) is 0.562. The lowest BCUT2D eigenvalue weighted by Gasteiger charge is -2.08. The Morgan fingerprint density at radius 3 is 2.62 bits per heavy atom. The second-order valence-electron chi connectivity index (χ2n) is 4.49. The van der Waals surface area contributed by atoms with E-state index in [1.807, 2.05) is 30.3 Å². The van der Waals surface area contributed by atoms with Gasteiger partial charge in [0.1, 0.15) is 18.5 Å². The van der Waals surface area contributed by atoms with Crippen molar-refractivity contribution in [1.29, 1.82) is 0 Å². The SMILES string of the molecule is Fc1cc(CNc2ccc(-n3cncn3)cc2)ccc1Br. The second kappa shape index (κ2) is 6.05. The van der Waals surface area contributed by atoms with Gasteiger partial charge in [-0.05, 0) is 57.9 Å². The van der Waals surface area contributed by atoms with Crippen molar-refractivity contribution < 1.29 is 4.39 Å². The van der Waals surface area contributed by atoms with Crippen molar-refractivity contribution in [2.24, 2.45) is 0 Å². The fraction of sp³-hybridized carbons (Fsp3) is 0.0667. The van der Waals surface area contributed by atoms with Gasteiger partial charge < -0.3 is 5.32 Å². The van der Waals surface area contributed by atoms with E-state index in [4.69, 9.17) is 0 Å². The molecular formula is C15H12BrFN4. The Labute approximate surface area is 129 Å². The minimum absolute atomic E-state index is 0.254. The molecule has 0 unspecified atom stereocenters. The summed E-state index contributed by atoms with van der Waals surface area (Å²) >= 11 is 3.14. The Kier molecular flexibility index (Phi) is 3.96. The third kappa shape index (κ3) is 3.28. The van der Waals surface area contributed by atoms with Crippen LogP contribution in [0.1, 0.15) is 5.56 Å². The Morgan fingerprint density at radius 2 is 1.95 bits per heavy atom. The number of nitrogens with one attached hydrogen (secondary N) is 1. The van der Waals surface area contributed by atoms with E-state index in [1.54, 1.807) is 17.1 Å². The number of nitrogens with zero attached hydrogens (tertiary/aromatic N) is 3. The molecule has 21 heavy (non-hydrogen) atoms. The first-order chi connectivity index (χ1) is 10.2. The molecule has 0 saturated heterocycles. The van der Waals surface area contributed by atoms with E-state index in [0.29, 0.717) is 11.0 Å². The Balaban J connectivity index is 1.66. The van der Waals surface area contributed by atoms with Crippen LogP contribution >= 0.6 is 15.9 Å². The van der Waals surface area contributed by atoms with Crippen molar-refractivity contribution in [3.05, 3.63) is 71.0 Å². The minimum Gasteiger partial charge on any atom is -0.381 e. The molecule has 106 valence electrons. The monoisotopic (exact) mass is 346 g/mol. The summed E-state index contributed by atoms with van der Waals surface area (Å²) in [5.41, 5.74) is 2.78. The highest BCUT2D eigenvalue weighted by atomic mass is 79.9. The third-order valence-electron chi connectivity index (χ3n) is 3.03. The van der Waals surface area contributed by atoms with E-state index in [-0.39, 0.29) is 5.82 Å². The van der Waals surface area contributed by atoms with E-state index >= 15 is 0 Å². The van der Waals surface area contributed by atoms with Crippen LogP contribution in [-0.4, -0.2) is 14.8 Å². The summed E-state index contributed by atoms with van der Waals surface area (Å²) in [6, 6.07) is 12.9. The first-order valence-electron chi connectivity index (χ1n) is 6.35. The largest absolute Gasteiger partial charge is 0.381 e. The molecule has 0 aliphatic rings. The molecule has 0 saturated carbocycles. The quantitative estimate of drug-likeness (QED) is 0.781. The van der Waals surface area contributed by atoms with Gasteiger partial charge in [-0.15, -0.1) is 0 Å². The van der Waals surface area contributed by atoms with Crippen LogP contribution in [0.15, 0.2) is 59.6 Å². The zero-order valence-electron chi connectivity index (χ0n) is 11.0. The van der Waals surface area contributed by atoms with Gasteiger partial charge >= 0.3 is 0 Å². The van der Waals surface area contributed by atoms with Crippen molar-refractivity contribution in [3.8, 4) is 5.69 Å². The predicted molar refractivity (Wildman–Crippen MR) is 82.8 cm³/mol. The highest BCUT2D eigenvalue weighted by molar-refractivity contribution is 9.10. The average molecular weight is 347 g/mol. The molecule has 0 radical (unpaired) electrons. The zero-order valence-corrected chi connectivity index (χ0v) is 12.6. The van der Waals surface area contributed by atoms with Gasteiger partial charge in [-0.3, -0.25) is 0 Å². The Morgan fingerprint density at radius 1 is 1.14 bits per heavy atom. The molecule has 6 heteroatoms. The maximum Gasteiger partial charge on any atom is 0.138 e. The topological polar surface area (TPSA) is 42.7 Å². The molecule has 0 fully saturated rings. The van der Waals surface area contributed by atoms with Gasteiger partial charge in [-0.2, -0.15) is 5.10 Å². The average Bonchev–Trinajstić information content (AvgIpc) is 3.03. The van der Waals surface area contributed by atoms with Crippen molar-refractivity contribution in [2.45, 2.75) is 6.54 Å². The predicted octanol–water partition coefficient (Wildman–Crippen LogP) is 3.78. The molecule has 1 aromatic heterocycles. The lowest BCUT2D eigenvalue weighted by molar-refractivity contribution is 0.619. The van der Waals surface area contributed by atoms with Gasteiger partial charge in [0.2, 0.25) is 0 Å². The van der Waals surface area contributed by atoms with E-state index < -0.39 is 0 Å². The summed E-state index contributed by atoms with van der Waals surface area (Å²) in [5.74, 6) is -0.254. The molecule has 3 aromatic rings. The van der Waals surface area contributed by atoms with E-state index in [9.17, 15) is 4.39 Å². The van der Waals surface area contributed by atoms with Crippen molar-refractivity contribution in [3.63, 3.8) is 0 Å². The highest BCUT2D eigenvalue weighted by Gasteiger charge is 2.01. The van der Waals surface area contributed by atoms with Crippen LogP contribution in [0.5, 0.6) is 0 Å². The van der Waals surface area contributed by atoms with Crippen molar-refractivity contribution >= 4 is 21.6 Å². The Bertz CT molecular complexity index is 726.